The highest BCUT2D eigenvalue weighted by atomic mass is 16.6. The third-order valence-electron chi connectivity index (χ3n) is 3.63. The molecule has 0 unspecified atom stereocenters. The zero-order valence-corrected chi connectivity index (χ0v) is 14.8. The summed E-state index contributed by atoms with van der Waals surface area (Å²) < 4.78 is 5.42. The molecule has 0 aliphatic carbocycles. The molecule has 0 saturated carbocycles. The van der Waals surface area contributed by atoms with Gasteiger partial charge >= 0.3 is 6.09 Å². The first-order chi connectivity index (χ1) is 10.4. The molecule has 0 spiro atoms. The first-order valence-electron chi connectivity index (χ1n) is 8.46. The van der Waals surface area contributed by atoms with Crippen LogP contribution in [-0.2, 0) is 11.2 Å². The Kier molecular flexibility index (Phi) is 7.43. The third kappa shape index (κ3) is 6.50. The van der Waals surface area contributed by atoms with Crippen molar-refractivity contribution in [2.24, 2.45) is 5.92 Å². The second kappa shape index (κ2) is 8.82. The van der Waals surface area contributed by atoms with Gasteiger partial charge in [0.15, 0.2) is 0 Å². The molecule has 22 heavy (non-hydrogen) atoms. The second-order valence-corrected chi connectivity index (χ2v) is 6.60. The van der Waals surface area contributed by atoms with Gasteiger partial charge < -0.3 is 9.64 Å². The summed E-state index contributed by atoms with van der Waals surface area (Å²) in [6, 6.07) is 10.6. The minimum atomic E-state index is -0.405. The number of hydrogen-bond acceptors (Lipinski definition) is 2. The number of benzene rings is 1. The monoisotopic (exact) mass is 305 g/mol. The highest BCUT2D eigenvalue weighted by Gasteiger charge is 2.26. The van der Waals surface area contributed by atoms with E-state index in [9.17, 15) is 4.79 Å². The first kappa shape index (κ1) is 18.5. The topological polar surface area (TPSA) is 29.5 Å². The van der Waals surface area contributed by atoms with Crippen LogP contribution in [0.15, 0.2) is 30.3 Å². The highest BCUT2D eigenvalue weighted by molar-refractivity contribution is 5.68. The number of amides is 1. The highest BCUT2D eigenvalue weighted by Crippen LogP contribution is 2.23. The van der Waals surface area contributed by atoms with Crippen molar-refractivity contribution in [2.45, 2.75) is 59.5 Å². The molecule has 0 bridgehead atoms. The fourth-order valence-corrected chi connectivity index (χ4v) is 2.59. The van der Waals surface area contributed by atoms with Crippen LogP contribution in [0, 0.1) is 5.92 Å². The summed E-state index contributed by atoms with van der Waals surface area (Å²) in [5.41, 5.74) is 0.987. The van der Waals surface area contributed by atoms with Gasteiger partial charge in [0.25, 0.3) is 0 Å². The molecule has 0 N–H and O–H groups in total. The number of carbonyl (C=O) groups excluding carboxylic acids is 1. The Morgan fingerprint density at radius 1 is 1.14 bits per heavy atom. The van der Waals surface area contributed by atoms with Gasteiger partial charge in [-0.2, -0.15) is 0 Å². The predicted molar refractivity (Wildman–Crippen MR) is 92.0 cm³/mol. The van der Waals surface area contributed by atoms with Gasteiger partial charge in [-0.15, -0.1) is 0 Å². The van der Waals surface area contributed by atoms with Gasteiger partial charge in [0.1, 0.15) is 5.60 Å². The lowest BCUT2D eigenvalue weighted by molar-refractivity contribution is 0.0184. The van der Waals surface area contributed by atoms with Crippen molar-refractivity contribution >= 4 is 6.09 Å². The van der Waals surface area contributed by atoms with E-state index in [1.807, 2.05) is 39.5 Å². The maximum absolute atomic E-state index is 12.0. The maximum atomic E-state index is 12.0. The van der Waals surface area contributed by atoms with Crippen LogP contribution >= 0.6 is 0 Å². The van der Waals surface area contributed by atoms with Crippen molar-refractivity contribution in [3.8, 4) is 0 Å². The van der Waals surface area contributed by atoms with E-state index in [-0.39, 0.29) is 6.09 Å². The molecule has 0 radical (unpaired) electrons. The molecule has 0 aromatic heterocycles. The molecule has 2 rings (SSSR count). The Labute approximate surface area is 135 Å². The van der Waals surface area contributed by atoms with Crippen molar-refractivity contribution in [3.05, 3.63) is 35.9 Å². The van der Waals surface area contributed by atoms with E-state index in [1.165, 1.54) is 5.56 Å². The van der Waals surface area contributed by atoms with Gasteiger partial charge in [0.2, 0.25) is 0 Å². The summed E-state index contributed by atoms with van der Waals surface area (Å²) in [4.78, 5) is 13.8. The average molecular weight is 305 g/mol. The molecule has 1 saturated heterocycles. The molecular formula is C19H31NO2. The lowest BCUT2D eigenvalue weighted by Gasteiger charge is -2.33. The Hall–Kier alpha value is -1.51. The van der Waals surface area contributed by atoms with E-state index in [2.05, 4.69) is 30.3 Å². The maximum Gasteiger partial charge on any atom is 0.410 e. The van der Waals surface area contributed by atoms with E-state index in [0.717, 1.165) is 32.4 Å². The normalized spacial score (nSPS) is 15.8. The van der Waals surface area contributed by atoms with Crippen LogP contribution in [0.25, 0.3) is 0 Å². The molecule has 124 valence electrons. The quantitative estimate of drug-likeness (QED) is 0.777. The molecule has 1 heterocycles. The van der Waals surface area contributed by atoms with Crippen molar-refractivity contribution in [2.75, 3.05) is 13.1 Å². The van der Waals surface area contributed by atoms with Crippen LogP contribution < -0.4 is 0 Å². The zero-order chi connectivity index (χ0) is 16.6. The molecule has 0 atom stereocenters. The molecule has 1 aromatic rings. The SMILES string of the molecule is CC.CC(C)(C)OC(=O)N1CCC(Cc2ccccc2)CC1. The summed E-state index contributed by atoms with van der Waals surface area (Å²) in [6.07, 6.45) is 3.07. The van der Waals surface area contributed by atoms with Crippen molar-refractivity contribution in [3.63, 3.8) is 0 Å². The molecule has 1 amide bonds. The van der Waals surface area contributed by atoms with Gasteiger partial charge in [-0.3, -0.25) is 0 Å². The summed E-state index contributed by atoms with van der Waals surface area (Å²) in [6.45, 7) is 11.4. The van der Waals surface area contributed by atoms with Gasteiger partial charge in [-0.25, -0.2) is 4.79 Å². The summed E-state index contributed by atoms with van der Waals surface area (Å²) in [7, 11) is 0. The minimum absolute atomic E-state index is 0.171. The molecule has 3 nitrogen and oxygen atoms in total. The fourth-order valence-electron chi connectivity index (χ4n) is 2.59. The fraction of sp³-hybridized carbons (Fsp3) is 0.632. The molecule has 1 aliphatic heterocycles. The predicted octanol–water partition coefficient (Wildman–Crippen LogP) is 4.90. The van der Waals surface area contributed by atoms with Gasteiger partial charge in [-0.1, -0.05) is 44.2 Å². The Bertz CT molecular complexity index is 428. The summed E-state index contributed by atoms with van der Waals surface area (Å²) in [5.74, 6) is 0.677. The van der Waals surface area contributed by atoms with E-state index >= 15 is 0 Å². The smallest absolute Gasteiger partial charge is 0.410 e. The summed E-state index contributed by atoms with van der Waals surface area (Å²) in [5, 5.41) is 0. The molecular weight excluding hydrogens is 274 g/mol. The number of ether oxygens (including phenoxy) is 1. The molecule has 1 fully saturated rings. The second-order valence-electron chi connectivity index (χ2n) is 6.60. The van der Waals surface area contributed by atoms with Crippen molar-refractivity contribution in [1.29, 1.82) is 0 Å². The number of hydrogen-bond donors (Lipinski definition) is 0. The lowest BCUT2D eigenvalue weighted by Crippen LogP contribution is -2.42. The lowest BCUT2D eigenvalue weighted by atomic mass is 9.90. The number of piperidine rings is 1. The van der Waals surface area contributed by atoms with Crippen LogP contribution in [-0.4, -0.2) is 29.7 Å². The Morgan fingerprint density at radius 3 is 2.18 bits per heavy atom. The summed E-state index contributed by atoms with van der Waals surface area (Å²) >= 11 is 0. The van der Waals surface area contributed by atoms with Crippen LogP contribution in [0.1, 0.15) is 53.0 Å². The van der Waals surface area contributed by atoms with E-state index in [0.29, 0.717) is 5.92 Å². The number of rotatable bonds is 2. The van der Waals surface area contributed by atoms with Crippen molar-refractivity contribution < 1.29 is 9.53 Å². The standard InChI is InChI=1S/C17H25NO2.C2H6/c1-17(2,3)20-16(19)18-11-9-15(10-12-18)13-14-7-5-4-6-8-14;1-2/h4-8,15H,9-13H2,1-3H3;1-2H3. The Balaban J connectivity index is 0.00000116. The van der Waals surface area contributed by atoms with E-state index in [1.54, 1.807) is 0 Å². The van der Waals surface area contributed by atoms with Crippen molar-refractivity contribution in [1.82, 2.24) is 4.90 Å². The third-order valence-corrected chi connectivity index (χ3v) is 3.63. The van der Waals surface area contributed by atoms with Gasteiger partial charge in [0, 0.05) is 13.1 Å². The van der Waals surface area contributed by atoms with Crippen LogP contribution in [0.3, 0.4) is 0 Å². The Morgan fingerprint density at radius 2 is 1.68 bits per heavy atom. The zero-order valence-electron chi connectivity index (χ0n) is 14.8. The van der Waals surface area contributed by atoms with Gasteiger partial charge in [0.05, 0.1) is 0 Å². The molecule has 1 aromatic carbocycles. The average Bonchev–Trinajstić information content (AvgIpc) is 2.49. The minimum Gasteiger partial charge on any atom is -0.444 e. The molecule has 1 aliphatic rings. The van der Waals surface area contributed by atoms with Crippen LogP contribution in [0.5, 0.6) is 0 Å². The molecule has 3 heteroatoms. The number of carbonyl (C=O) groups is 1. The van der Waals surface area contributed by atoms with E-state index in [4.69, 9.17) is 4.74 Å². The van der Waals surface area contributed by atoms with Crippen LogP contribution in [0.4, 0.5) is 4.79 Å². The first-order valence-corrected chi connectivity index (χ1v) is 8.46. The number of nitrogens with zero attached hydrogens (tertiary/aromatic N) is 1. The van der Waals surface area contributed by atoms with Crippen LogP contribution in [0.2, 0.25) is 0 Å². The number of likely N-dealkylation sites (tertiary alicyclic amines) is 1. The largest absolute Gasteiger partial charge is 0.444 e. The van der Waals surface area contributed by atoms with E-state index < -0.39 is 5.60 Å². The van der Waals surface area contributed by atoms with Gasteiger partial charge in [-0.05, 0) is 51.5 Å².